The lowest BCUT2D eigenvalue weighted by atomic mass is 10.1. The van der Waals surface area contributed by atoms with Gasteiger partial charge in [0, 0.05) is 7.05 Å². The Balaban J connectivity index is 2.21. The van der Waals surface area contributed by atoms with Gasteiger partial charge in [0.05, 0.1) is 23.5 Å². The topological polar surface area (TPSA) is 87.7 Å². The van der Waals surface area contributed by atoms with Gasteiger partial charge in [-0.1, -0.05) is 6.92 Å². The number of nitrogens with one attached hydrogen (secondary N) is 1. The van der Waals surface area contributed by atoms with Crippen molar-refractivity contribution in [3.05, 3.63) is 35.2 Å². The van der Waals surface area contributed by atoms with E-state index in [4.69, 9.17) is 0 Å². The number of carbonyl (C=O) groups excluding carboxylic acids is 1. The van der Waals surface area contributed by atoms with Gasteiger partial charge in [0.1, 0.15) is 12.2 Å². The Bertz CT molecular complexity index is 566. The van der Waals surface area contributed by atoms with E-state index in [1.165, 1.54) is 6.33 Å². The van der Waals surface area contributed by atoms with Gasteiger partial charge in [0.2, 0.25) is 0 Å². The maximum absolute atomic E-state index is 12.4. The number of rotatable bonds is 4. The average Bonchev–Trinajstić information content (AvgIpc) is 2.90. The van der Waals surface area contributed by atoms with Gasteiger partial charge in [-0.3, -0.25) is 9.89 Å². The Kier molecular flexibility index (Phi) is 3.84. The monoisotopic (exact) mass is 260 g/mol. The van der Waals surface area contributed by atoms with Gasteiger partial charge in [0.15, 0.2) is 0 Å². The van der Waals surface area contributed by atoms with Crippen LogP contribution in [0.25, 0.3) is 0 Å². The van der Waals surface area contributed by atoms with Crippen molar-refractivity contribution in [3.8, 4) is 0 Å². The van der Waals surface area contributed by atoms with Crippen molar-refractivity contribution < 1.29 is 4.79 Å². The van der Waals surface area contributed by atoms with Crippen molar-refractivity contribution in [3.63, 3.8) is 0 Å². The summed E-state index contributed by atoms with van der Waals surface area (Å²) in [5, 5.41) is 14.5. The first kappa shape index (κ1) is 13.1. The number of aromatic amines is 1. The normalized spacial score (nSPS) is 10.5. The van der Waals surface area contributed by atoms with Crippen molar-refractivity contribution >= 4 is 5.91 Å². The van der Waals surface area contributed by atoms with Crippen molar-refractivity contribution in [2.45, 2.75) is 26.8 Å². The number of nitrogens with zero attached hydrogens (tertiary/aromatic N) is 5. The predicted molar refractivity (Wildman–Crippen MR) is 68.3 cm³/mol. The third-order valence-electron chi connectivity index (χ3n) is 2.76. The van der Waals surface area contributed by atoms with E-state index in [2.05, 4.69) is 25.4 Å². The molecule has 0 atom stereocenters. The SMILES string of the molecule is CCc1nnc(C)cc1C(=O)N(C)Cc1ncn[nH]1. The number of hydrogen-bond donors (Lipinski definition) is 1. The fraction of sp³-hybridized carbons (Fsp3) is 0.417. The molecule has 19 heavy (non-hydrogen) atoms. The summed E-state index contributed by atoms with van der Waals surface area (Å²) in [7, 11) is 1.72. The molecule has 0 radical (unpaired) electrons. The number of hydrogen-bond acceptors (Lipinski definition) is 5. The summed E-state index contributed by atoms with van der Waals surface area (Å²) in [5.41, 5.74) is 2.03. The van der Waals surface area contributed by atoms with Crippen LogP contribution in [0, 0.1) is 6.92 Å². The van der Waals surface area contributed by atoms with Crippen LogP contribution in [0.15, 0.2) is 12.4 Å². The minimum absolute atomic E-state index is 0.0914. The van der Waals surface area contributed by atoms with Crippen LogP contribution < -0.4 is 0 Å². The number of carbonyl (C=O) groups is 1. The van der Waals surface area contributed by atoms with E-state index in [1.54, 1.807) is 18.0 Å². The minimum atomic E-state index is -0.0914. The van der Waals surface area contributed by atoms with Crippen molar-refractivity contribution in [1.29, 1.82) is 0 Å². The summed E-state index contributed by atoms with van der Waals surface area (Å²) in [6.45, 7) is 4.15. The maximum atomic E-state index is 12.4. The van der Waals surface area contributed by atoms with Crippen LogP contribution >= 0.6 is 0 Å². The molecule has 0 bridgehead atoms. The maximum Gasteiger partial charge on any atom is 0.255 e. The molecule has 0 spiro atoms. The van der Waals surface area contributed by atoms with E-state index in [0.717, 1.165) is 5.69 Å². The molecule has 0 aliphatic rings. The van der Waals surface area contributed by atoms with Gasteiger partial charge in [-0.25, -0.2) is 4.98 Å². The summed E-state index contributed by atoms with van der Waals surface area (Å²) in [6.07, 6.45) is 2.09. The summed E-state index contributed by atoms with van der Waals surface area (Å²) in [5.74, 6) is 0.555. The van der Waals surface area contributed by atoms with Crippen molar-refractivity contribution in [2.24, 2.45) is 0 Å². The van der Waals surface area contributed by atoms with E-state index in [1.807, 2.05) is 13.8 Å². The van der Waals surface area contributed by atoms with Gasteiger partial charge in [0.25, 0.3) is 5.91 Å². The number of aromatic nitrogens is 5. The van der Waals surface area contributed by atoms with E-state index in [0.29, 0.717) is 30.0 Å². The fourth-order valence-electron chi connectivity index (χ4n) is 1.77. The molecule has 0 aliphatic heterocycles. The van der Waals surface area contributed by atoms with Crippen molar-refractivity contribution in [2.75, 3.05) is 7.05 Å². The summed E-state index contributed by atoms with van der Waals surface area (Å²) in [4.78, 5) is 18.0. The molecular formula is C12H16N6O. The standard InChI is InChI=1S/C12H16N6O/c1-4-10-9(5-8(2)15-16-10)12(19)18(3)6-11-13-7-14-17-11/h5,7H,4,6H2,1-3H3,(H,13,14,17). The second-order valence-corrected chi connectivity index (χ2v) is 4.29. The van der Waals surface area contributed by atoms with Gasteiger partial charge < -0.3 is 4.90 Å². The van der Waals surface area contributed by atoms with Crippen LogP contribution in [0.2, 0.25) is 0 Å². The lowest BCUT2D eigenvalue weighted by molar-refractivity contribution is 0.0779. The molecule has 2 aromatic heterocycles. The highest BCUT2D eigenvalue weighted by Crippen LogP contribution is 2.11. The van der Waals surface area contributed by atoms with Gasteiger partial charge in [-0.15, -0.1) is 0 Å². The Morgan fingerprint density at radius 1 is 1.42 bits per heavy atom. The minimum Gasteiger partial charge on any atom is -0.334 e. The first-order valence-electron chi connectivity index (χ1n) is 6.04. The third-order valence-corrected chi connectivity index (χ3v) is 2.76. The van der Waals surface area contributed by atoms with Crippen molar-refractivity contribution in [1.82, 2.24) is 30.3 Å². The first-order chi connectivity index (χ1) is 9.11. The quantitative estimate of drug-likeness (QED) is 0.875. The van der Waals surface area contributed by atoms with Crippen LogP contribution in [-0.2, 0) is 13.0 Å². The predicted octanol–water partition coefficient (Wildman–Crippen LogP) is 0.738. The van der Waals surface area contributed by atoms with Crippen LogP contribution in [0.4, 0.5) is 0 Å². The highest BCUT2D eigenvalue weighted by Gasteiger charge is 2.17. The molecule has 0 unspecified atom stereocenters. The lowest BCUT2D eigenvalue weighted by Crippen LogP contribution is -2.28. The molecule has 1 amide bonds. The molecule has 0 saturated carbocycles. The summed E-state index contributed by atoms with van der Waals surface area (Å²) in [6, 6.07) is 1.77. The molecule has 7 nitrogen and oxygen atoms in total. The summed E-state index contributed by atoms with van der Waals surface area (Å²) >= 11 is 0. The van der Waals surface area contributed by atoms with Crippen LogP contribution in [-0.4, -0.2) is 43.2 Å². The molecule has 100 valence electrons. The average molecular weight is 260 g/mol. The first-order valence-corrected chi connectivity index (χ1v) is 6.04. The summed E-state index contributed by atoms with van der Waals surface area (Å²) < 4.78 is 0. The van der Waals surface area contributed by atoms with Gasteiger partial charge in [-0.2, -0.15) is 15.3 Å². The molecule has 0 aromatic carbocycles. The van der Waals surface area contributed by atoms with E-state index >= 15 is 0 Å². The zero-order chi connectivity index (χ0) is 13.8. The highest BCUT2D eigenvalue weighted by atomic mass is 16.2. The molecule has 2 rings (SSSR count). The molecule has 7 heteroatoms. The Morgan fingerprint density at radius 3 is 2.84 bits per heavy atom. The second kappa shape index (κ2) is 5.55. The van der Waals surface area contributed by atoms with Crippen LogP contribution in [0.3, 0.4) is 0 Å². The zero-order valence-electron chi connectivity index (χ0n) is 11.2. The Hall–Kier alpha value is -2.31. The van der Waals surface area contributed by atoms with Gasteiger partial charge >= 0.3 is 0 Å². The Labute approximate surface area is 111 Å². The molecule has 0 saturated heterocycles. The van der Waals surface area contributed by atoms with E-state index < -0.39 is 0 Å². The molecule has 2 aromatic rings. The largest absolute Gasteiger partial charge is 0.334 e. The lowest BCUT2D eigenvalue weighted by Gasteiger charge is -2.17. The highest BCUT2D eigenvalue weighted by molar-refractivity contribution is 5.95. The molecule has 0 fully saturated rings. The van der Waals surface area contributed by atoms with Gasteiger partial charge in [-0.05, 0) is 19.4 Å². The third kappa shape index (κ3) is 2.93. The number of aryl methyl sites for hydroxylation is 2. The van der Waals surface area contributed by atoms with E-state index in [9.17, 15) is 4.79 Å². The number of H-pyrrole nitrogens is 1. The van der Waals surface area contributed by atoms with Crippen LogP contribution in [0.1, 0.15) is 34.5 Å². The molecule has 0 aliphatic carbocycles. The zero-order valence-corrected chi connectivity index (χ0v) is 11.2. The molecular weight excluding hydrogens is 244 g/mol. The fourth-order valence-corrected chi connectivity index (χ4v) is 1.77. The molecule has 1 N–H and O–H groups in total. The van der Waals surface area contributed by atoms with Crippen LogP contribution in [0.5, 0.6) is 0 Å². The Morgan fingerprint density at radius 2 is 2.21 bits per heavy atom. The molecule has 2 heterocycles. The smallest absolute Gasteiger partial charge is 0.255 e. The van der Waals surface area contributed by atoms with E-state index in [-0.39, 0.29) is 5.91 Å². The number of amides is 1. The second-order valence-electron chi connectivity index (χ2n) is 4.29.